The number of ether oxygens (including phenoxy) is 1. The third-order valence-electron chi connectivity index (χ3n) is 3.89. The smallest absolute Gasteiger partial charge is 0.337 e. The van der Waals surface area contributed by atoms with Crippen LogP contribution in [-0.4, -0.2) is 17.6 Å². The van der Waals surface area contributed by atoms with Crippen molar-refractivity contribution in [2.75, 3.05) is 7.11 Å². The fourth-order valence-electron chi connectivity index (χ4n) is 2.53. The molecule has 0 fully saturated rings. The van der Waals surface area contributed by atoms with Crippen molar-refractivity contribution in [2.45, 2.75) is 6.54 Å². The summed E-state index contributed by atoms with van der Waals surface area (Å²) in [6, 6.07) is 17.8. The van der Waals surface area contributed by atoms with Crippen molar-refractivity contribution in [3.8, 4) is 11.1 Å². The number of aromatic nitrogens is 1. The first-order valence-electron chi connectivity index (χ1n) is 7.70. The summed E-state index contributed by atoms with van der Waals surface area (Å²) in [4.78, 5) is 23.6. The monoisotopic (exact) mass is 353 g/mol. The van der Waals surface area contributed by atoms with Gasteiger partial charge in [0, 0.05) is 17.3 Å². The second-order valence-corrected chi connectivity index (χ2v) is 6.02. The maximum Gasteiger partial charge on any atom is 0.337 e. The van der Waals surface area contributed by atoms with Crippen LogP contribution >= 0.6 is 11.6 Å². The van der Waals surface area contributed by atoms with Gasteiger partial charge in [0.25, 0.3) is 5.56 Å². The summed E-state index contributed by atoms with van der Waals surface area (Å²) in [5.74, 6) is -0.376. The highest BCUT2D eigenvalue weighted by Gasteiger charge is 2.07. The lowest BCUT2D eigenvalue weighted by Gasteiger charge is -2.09. The van der Waals surface area contributed by atoms with Crippen LogP contribution in [0.25, 0.3) is 11.1 Å². The van der Waals surface area contributed by atoms with Crippen molar-refractivity contribution in [3.63, 3.8) is 0 Å². The van der Waals surface area contributed by atoms with E-state index in [1.165, 1.54) is 7.11 Å². The van der Waals surface area contributed by atoms with Crippen molar-refractivity contribution < 1.29 is 9.53 Å². The highest BCUT2D eigenvalue weighted by molar-refractivity contribution is 6.30. The van der Waals surface area contributed by atoms with Crippen LogP contribution in [-0.2, 0) is 11.3 Å². The molecule has 0 aliphatic carbocycles. The molecule has 4 nitrogen and oxygen atoms in total. The molecule has 0 aliphatic heterocycles. The van der Waals surface area contributed by atoms with Crippen LogP contribution in [0.4, 0.5) is 0 Å². The summed E-state index contributed by atoms with van der Waals surface area (Å²) >= 11 is 5.90. The van der Waals surface area contributed by atoms with E-state index in [-0.39, 0.29) is 11.5 Å². The number of halogens is 1. The maximum absolute atomic E-state index is 12.1. The second kappa shape index (κ2) is 7.36. The van der Waals surface area contributed by atoms with Gasteiger partial charge in [0.15, 0.2) is 0 Å². The Hall–Kier alpha value is -2.85. The predicted octanol–water partition coefficient (Wildman–Crippen LogP) is 4.00. The number of rotatable bonds is 4. The van der Waals surface area contributed by atoms with E-state index in [1.807, 2.05) is 30.5 Å². The van der Waals surface area contributed by atoms with Crippen LogP contribution in [0.5, 0.6) is 0 Å². The van der Waals surface area contributed by atoms with Gasteiger partial charge in [-0.05, 0) is 47.0 Å². The molecule has 0 aliphatic rings. The van der Waals surface area contributed by atoms with Gasteiger partial charge in [-0.15, -0.1) is 0 Å². The minimum absolute atomic E-state index is 0.0788. The molecule has 126 valence electrons. The Morgan fingerprint density at radius 1 is 0.960 bits per heavy atom. The molecule has 0 atom stereocenters. The number of carbonyl (C=O) groups is 1. The SMILES string of the molecule is COC(=O)c1ccc(-c2ccc(=O)n(Cc3ccc(Cl)cc3)c2)cc1. The predicted molar refractivity (Wildman–Crippen MR) is 98.0 cm³/mol. The Morgan fingerprint density at radius 2 is 1.60 bits per heavy atom. The zero-order valence-electron chi connectivity index (χ0n) is 13.6. The normalized spacial score (nSPS) is 10.5. The number of carbonyl (C=O) groups excluding carboxylic acids is 1. The molecular formula is C20H16ClNO3. The molecule has 0 saturated heterocycles. The number of hydrogen-bond donors (Lipinski definition) is 0. The summed E-state index contributed by atoms with van der Waals surface area (Å²) in [6.45, 7) is 0.462. The summed E-state index contributed by atoms with van der Waals surface area (Å²) in [6.07, 6.45) is 1.81. The molecule has 3 rings (SSSR count). The lowest BCUT2D eigenvalue weighted by atomic mass is 10.1. The van der Waals surface area contributed by atoms with E-state index in [2.05, 4.69) is 0 Å². The fourth-order valence-corrected chi connectivity index (χ4v) is 2.65. The summed E-state index contributed by atoms with van der Waals surface area (Å²) in [5.41, 5.74) is 3.21. The van der Waals surface area contributed by atoms with E-state index < -0.39 is 0 Å². The third-order valence-corrected chi connectivity index (χ3v) is 4.14. The van der Waals surface area contributed by atoms with Crippen LogP contribution in [0.2, 0.25) is 5.02 Å². The molecule has 1 heterocycles. The molecule has 1 aromatic heterocycles. The van der Waals surface area contributed by atoms with E-state index in [0.717, 1.165) is 16.7 Å². The van der Waals surface area contributed by atoms with Crippen molar-refractivity contribution >= 4 is 17.6 Å². The van der Waals surface area contributed by atoms with Gasteiger partial charge in [0.2, 0.25) is 0 Å². The fraction of sp³-hybridized carbons (Fsp3) is 0.100. The van der Waals surface area contributed by atoms with E-state index >= 15 is 0 Å². The van der Waals surface area contributed by atoms with Crippen LogP contribution in [0, 0.1) is 0 Å². The molecule has 0 N–H and O–H groups in total. The number of pyridine rings is 1. The van der Waals surface area contributed by atoms with E-state index in [9.17, 15) is 9.59 Å². The Kier molecular flexibility index (Phi) is 5.00. The van der Waals surface area contributed by atoms with Gasteiger partial charge < -0.3 is 9.30 Å². The zero-order valence-corrected chi connectivity index (χ0v) is 14.4. The van der Waals surface area contributed by atoms with Gasteiger partial charge >= 0.3 is 5.97 Å². The van der Waals surface area contributed by atoms with Crippen molar-refractivity contribution in [1.29, 1.82) is 0 Å². The number of hydrogen-bond acceptors (Lipinski definition) is 3. The number of esters is 1. The van der Waals surface area contributed by atoms with Gasteiger partial charge in [-0.25, -0.2) is 4.79 Å². The molecule has 0 unspecified atom stereocenters. The van der Waals surface area contributed by atoms with Gasteiger partial charge in [0.05, 0.1) is 19.2 Å². The van der Waals surface area contributed by atoms with Crippen molar-refractivity contribution in [2.24, 2.45) is 0 Å². The highest BCUT2D eigenvalue weighted by atomic mass is 35.5. The zero-order chi connectivity index (χ0) is 17.8. The minimum atomic E-state index is -0.376. The first-order chi connectivity index (χ1) is 12.1. The molecule has 0 bridgehead atoms. The number of methoxy groups -OCH3 is 1. The van der Waals surface area contributed by atoms with Gasteiger partial charge in [0.1, 0.15) is 0 Å². The van der Waals surface area contributed by atoms with E-state index in [0.29, 0.717) is 17.1 Å². The standard InChI is InChI=1S/C20H16ClNO3/c1-25-20(24)16-6-4-15(5-7-16)17-8-11-19(23)22(13-17)12-14-2-9-18(21)10-3-14/h2-11,13H,12H2,1H3. The first-order valence-corrected chi connectivity index (χ1v) is 8.08. The molecule has 0 spiro atoms. The number of nitrogens with zero attached hydrogens (tertiary/aromatic N) is 1. The van der Waals surface area contributed by atoms with Gasteiger partial charge in [-0.3, -0.25) is 4.79 Å². The number of benzene rings is 2. The van der Waals surface area contributed by atoms with E-state index in [1.54, 1.807) is 41.0 Å². The average Bonchev–Trinajstić information content (AvgIpc) is 2.65. The van der Waals surface area contributed by atoms with Crippen LogP contribution in [0.15, 0.2) is 71.7 Å². The van der Waals surface area contributed by atoms with Crippen LogP contribution < -0.4 is 5.56 Å². The van der Waals surface area contributed by atoms with Crippen LogP contribution in [0.1, 0.15) is 15.9 Å². The molecule has 2 aromatic carbocycles. The average molecular weight is 354 g/mol. The Labute approximate surface area is 150 Å². The van der Waals surface area contributed by atoms with Crippen molar-refractivity contribution in [1.82, 2.24) is 4.57 Å². The molecule has 0 amide bonds. The molecule has 3 aromatic rings. The molecule has 5 heteroatoms. The maximum atomic E-state index is 12.1. The topological polar surface area (TPSA) is 48.3 Å². The Balaban J connectivity index is 1.89. The largest absolute Gasteiger partial charge is 0.465 e. The Bertz CT molecular complexity index is 944. The summed E-state index contributed by atoms with van der Waals surface area (Å²) < 4.78 is 6.34. The highest BCUT2D eigenvalue weighted by Crippen LogP contribution is 2.19. The third kappa shape index (κ3) is 3.98. The Morgan fingerprint density at radius 3 is 2.24 bits per heavy atom. The lowest BCUT2D eigenvalue weighted by molar-refractivity contribution is 0.0601. The van der Waals surface area contributed by atoms with Crippen molar-refractivity contribution in [3.05, 3.63) is 93.4 Å². The van der Waals surface area contributed by atoms with Gasteiger partial charge in [-0.1, -0.05) is 35.9 Å². The molecular weight excluding hydrogens is 338 g/mol. The quantitative estimate of drug-likeness (QED) is 0.666. The minimum Gasteiger partial charge on any atom is -0.465 e. The lowest BCUT2D eigenvalue weighted by Crippen LogP contribution is -2.19. The summed E-state index contributed by atoms with van der Waals surface area (Å²) in [5, 5.41) is 0.663. The van der Waals surface area contributed by atoms with Gasteiger partial charge in [-0.2, -0.15) is 0 Å². The second-order valence-electron chi connectivity index (χ2n) is 5.58. The van der Waals surface area contributed by atoms with Crippen LogP contribution in [0.3, 0.4) is 0 Å². The molecule has 0 saturated carbocycles. The first kappa shape index (κ1) is 17.0. The molecule has 0 radical (unpaired) electrons. The van der Waals surface area contributed by atoms with E-state index in [4.69, 9.17) is 16.3 Å². The summed E-state index contributed by atoms with van der Waals surface area (Å²) in [7, 11) is 1.35. The molecule has 25 heavy (non-hydrogen) atoms.